The monoisotopic (exact) mass is 396 g/mol. The molecule has 0 radical (unpaired) electrons. The van der Waals surface area contributed by atoms with Crippen molar-refractivity contribution in [2.75, 3.05) is 0 Å². The molecule has 0 aliphatic carbocycles. The molecule has 0 bridgehead atoms. The number of hydrazine groups is 1. The molecular formula is C21H17ClN2O2S. The van der Waals surface area contributed by atoms with E-state index in [4.69, 9.17) is 11.6 Å². The number of thioether (sulfide) groups is 1. The van der Waals surface area contributed by atoms with Crippen LogP contribution in [0.25, 0.3) is 0 Å². The van der Waals surface area contributed by atoms with E-state index in [0.717, 1.165) is 16.2 Å². The van der Waals surface area contributed by atoms with E-state index in [1.807, 2.05) is 42.5 Å². The van der Waals surface area contributed by atoms with Gasteiger partial charge in [-0.05, 0) is 54.1 Å². The Morgan fingerprint density at radius 3 is 1.89 bits per heavy atom. The first-order valence-corrected chi connectivity index (χ1v) is 9.61. The van der Waals surface area contributed by atoms with Crippen molar-refractivity contribution < 1.29 is 9.59 Å². The highest BCUT2D eigenvalue weighted by molar-refractivity contribution is 7.98. The largest absolute Gasteiger partial charge is 0.269 e. The Kier molecular flexibility index (Phi) is 6.52. The smallest absolute Gasteiger partial charge is 0.267 e. The number of benzene rings is 3. The second-order valence-electron chi connectivity index (χ2n) is 5.71. The van der Waals surface area contributed by atoms with E-state index < -0.39 is 0 Å². The highest BCUT2D eigenvalue weighted by atomic mass is 35.5. The minimum absolute atomic E-state index is 0.361. The molecule has 4 nitrogen and oxygen atoms in total. The summed E-state index contributed by atoms with van der Waals surface area (Å²) in [6.45, 7) is 0. The minimum atomic E-state index is -0.365. The molecule has 0 heterocycles. The minimum Gasteiger partial charge on any atom is -0.267 e. The summed E-state index contributed by atoms with van der Waals surface area (Å²) < 4.78 is 0. The van der Waals surface area contributed by atoms with Gasteiger partial charge in [0.2, 0.25) is 0 Å². The van der Waals surface area contributed by atoms with Crippen LogP contribution in [0.2, 0.25) is 5.02 Å². The molecule has 2 N–H and O–H groups in total. The summed E-state index contributed by atoms with van der Waals surface area (Å²) in [5, 5.41) is 0.717. The Morgan fingerprint density at radius 1 is 0.741 bits per heavy atom. The summed E-state index contributed by atoms with van der Waals surface area (Å²) in [4.78, 5) is 25.2. The van der Waals surface area contributed by atoms with Gasteiger partial charge in [-0.15, -0.1) is 11.8 Å². The molecule has 2 amide bonds. The Bertz CT molecular complexity index is 913. The van der Waals surface area contributed by atoms with Crippen LogP contribution in [0.3, 0.4) is 0 Å². The Balaban J connectivity index is 1.51. The van der Waals surface area contributed by atoms with E-state index >= 15 is 0 Å². The fourth-order valence-corrected chi connectivity index (χ4v) is 3.28. The lowest BCUT2D eigenvalue weighted by molar-refractivity contribution is 0.0846. The van der Waals surface area contributed by atoms with Gasteiger partial charge < -0.3 is 0 Å². The molecule has 0 saturated carbocycles. The SMILES string of the molecule is O=C(NNC(=O)c1ccc(CSc2ccc(Cl)cc2)cc1)c1ccccc1. The number of rotatable bonds is 5. The maximum atomic E-state index is 12.2. The average molecular weight is 397 g/mol. The standard InChI is InChI=1S/C21H17ClN2O2S/c22-18-10-12-19(13-11-18)27-14-15-6-8-17(9-7-15)21(26)24-23-20(25)16-4-2-1-3-5-16/h1-13H,14H2,(H,23,25)(H,24,26). The zero-order valence-corrected chi connectivity index (χ0v) is 15.9. The van der Waals surface area contributed by atoms with Gasteiger partial charge >= 0.3 is 0 Å². The predicted octanol–water partition coefficient (Wildman–Crippen LogP) is 4.71. The van der Waals surface area contributed by atoms with Crippen LogP contribution in [-0.4, -0.2) is 11.8 Å². The summed E-state index contributed by atoms with van der Waals surface area (Å²) >= 11 is 7.57. The van der Waals surface area contributed by atoms with Crippen molar-refractivity contribution in [3.05, 3.63) is 101 Å². The van der Waals surface area contributed by atoms with Crippen molar-refractivity contribution in [2.24, 2.45) is 0 Å². The lowest BCUT2D eigenvalue weighted by Gasteiger charge is -2.08. The maximum absolute atomic E-state index is 12.2. The molecule has 6 heteroatoms. The van der Waals surface area contributed by atoms with E-state index in [2.05, 4.69) is 10.9 Å². The number of amides is 2. The topological polar surface area (TPSA) is 58.2 Å². The third-order valence-corrected chi connectivity index (χ3v) is 5.10. The van der Waals surface area contributed by atoms with Gasteiger partial charge in [0.1, 0.15) is 0 Å². The summed E-state index contributed by atoms with van der Waals surface area (Å²) in [7, 11) is 0. The fraction of sp³-hybridized carbons (Fsp3) is 0.0476. The molecule has 3 aromatic rings. The zero-order valence-electron chi connectivity index (χ0n) is 14.3. The Labute approximate surface area is 166 Å². The normalized spacial score (nSPS) is 10.3. The van der Waals surface area contributed by atoms with Crippen molar-refractivity contribution in [1.82, 2.24) is 10.9 Å². The van der Waals surface area contributed by atoms with E-state index in [1.165, 1.54) is 0 Å². The van der Waals surface area contributed by atoms with E-state index in [9.17, 15) is 9.59 Å². The Hall–Kier alpha value is -2.76. The summed E-state index contributed by atoms with van der Waals surface area (Å²) in [5.41, 5.74) is 6.88. The second-order valence-corrected chi connectivity index (χ2v) is 7.20. The van der Waals surface area contributed by atoms with Crippen LogP contribution in [0, 0.1) is 0 Å². The molecule has 0 aromatic heterocycles. The first-order chi connectivity index (χ1) is 13.1. The summed E-state index contributed by atoms with van der Waals surface area (Å²) in [6, 6.07) is 23.6. The molecular weight excluding hydrogens is 380 g/mol. The van der Waals surface area contributed by atoms with Crippen molar-refractivity contribution in [3.8, 4) is 0 Å². The van der Waals surface area contributed by atoms with Crippen LogP contribution < -0.4 is 10.9 Å². The van der Waals surface area contributed by atoms with Crippen LogP contribution >= 0.6 is 23.4 Å². The average Bonchev–Trinajstić information content (AvgIpc) is 2.72. The van der Waals surface area contributed by atoms with Gasteiger partial charge in [-0.25, -0.2) is 0 Å². The Morgan fingerprint density at radius 2 is 1.30 bits per heavy atom. The molecule has 0 atom stereocenters. The van der Waals surface area contributed by atoms with E-state index in [-0.39, 0.29) is 11.8 Å². The van der Waals surface area contributed by atoms with Crippen LogP contribution in [0.15, 0.2) is 83.8 Å². The summed E-state index contributed by atoms with van der Waals surface area (Å²) in [5.74, 6) is 0.0602. The van der Waals surface area contributed by atoms with E-state index in [0.29, 0.717) is 16.1 Å². The first-order valence-electron chi connectivity index (χ1n) is 8.25. The van der Waals surface area contributed by atoms with Crippen LogP contribution in [0.4, 0.5) is 0 Å². The highest BCUT2D eigenvalue weighted by Crippen LogP contribution is 2.24. The number of hydrogen-bond donors (Lipinski definition) is 2. The quantitative estimate of drug-likeness (QED) is 0.485. The zero-order chi connectivity index (χ0) is 19.1. The second kappa shape index (κ2) is 9.26. The highest BCUT2D eigenvalue weighted by Gasteiger charge is 2.08. The van der Waals surface area contributed by atoms with Gasteiger partial charge in [-0.2, -0.15) is 0 Å². The van der Waals surface area contributed by atoms with Crippen molar-refractivity contribution in [2.45, 2.75) is 10.6 Å². The maximum Gasteiger partial charge on any atom is 0.269 e. The van der Waals surface area contributed by atoms with Gasteiger partial charge in [0.15, 0.2) is 0 Å². The molecule has 27 heavy (non-hydrogen) atoms. The number of carbonyl (C=O) groups excluding carboxylic acids is 2. The van der Waals surface area contributed by atoms with Gasteiger partial charge in [0.25, 0.3) is 11.8 Å². The molecule has 3 rings (SSSR count). The fourth-order valence-electron chi connectivity index (χ4n) is 2.30. The van der Waals surface area contributed by atoms with Crippen LogP contribution in [0.1, 0.15) is 26.3 Å². The van der Waals surface area contributed by atoms with Crippen molar-refractivity contribution >= 4 is 35.2 Å². The van der Waals surface area contributed by atoms with Gasteiger partial charge in [0.05, 0.1) is 0 Å². The van der Waals surface area contributed by atoms with Crippen molar-refractivity contribution in [1.29, 1.82) is 0 Å². The molecule has 0 aliphatic rings. The molecule has 136 valence electrons. The number of hydrogen-bond acceptors (Lipinski definition) is 3. The molecule has 3 aromatic carbocycles. The predicted molar refractivity (Wildman–Crippen MR) is 109 cm³/mol. The lowest BCUT2D eigenvalue weighted by atomic mass is 10.1. The van der Waals surface area contributed by atoms with Gasteiger partial charge in [-0.1, -0.05) is 41.9 Å². The number of carbonyl (C=O) groups is 2. The van der Waals surface area contributed by atoms with Crippen LogP contribution in [-0.2, 0) is 5.75 Å². The van der Waals surface area contributed by atoms with Gasteiger partial charge in [-0.3, -0.25) is 20.4 Å². The third-order valence-electron chi connectivity index (χ3n) is 3.76. The molecule has 0 fully saturated rings. The number of nitrogens with one attached hydrogen (secondary N) is 2. The van der Waals surface area contributed by atoms with Gasteiger partial charge in [0, 0.05) is 26.8 Å². The molecule has 0 aliphatic heterocycles. The molecule has 0 spiro atoms. The molecule has 0 saturated heterocycles. The van der Waals surface area contributed by atoms with Crippen molar-refractivity contribution in [3.63, 3.8) is 0 Å². The number of halogens is 1. The molecule has 0 unspecified atom stereocenters. The van der Waals surface area contributed by atoms with E-state index in [1.54, 1.807) is 48.2 Å². The first kappa shape index (κ1) is 19.0. The third kappa shape index (κ3) is 5.61. The van der Waals surface area contributed by atoms with Crippen LogP contribution in [0.5, 0.6) is 0 Å². The summed E-state index contributed by atoms with van der Waals surface area (Å²) in [6.07, 6.45) is 0. The lowest BCUT2D eigenvalue weighted by Crippen LogP contribution is -2.41.